The lowest BCUT2D eigenvalue weighted by Gasteiger charge is -2.24. The number of benzene rings is 1. The number of amides is 1. The van der Waals surface area contributed by atoms with Gasteiger partial charge in [-0.15, -0.1) is 5.10 Å². The van der Waals surface area contributed by atoms with E-state index >= 15 is 0 Å². The molecule has 8 heteroatoms. The molecule has 0 radical (unpaired) electrons. The van der Waals surface area contributed by atoms with E-state index in [1.165, 1.54) is 10.9 Å². The third-order valence-corrected chi connectivity index (χ3v) is 3.98. The number of carboxylic acid groups (broad SMARTS) is 1. The van der Waals surface area contributed by atoms with Gasteiger partial charge in [0, 0.05) is 4.47 Å². The lowest BCUT2D eigenvalue weighted by atomic mass is 9.84. The highest BCUT2D eigenvalue weighted by molar-refractivity contribution is 9.10. The molecule has 0 aliphatic carbocycles. The Bertz CT molecular complexity index is 710. The average Bonchev–Trinajstić information content (AvgIpc) is 2.91. The maximum absolute atomic E-state index is 12.4. The van der Waals surface area contributed by atoms with E-state index in [1.54, 1.807) is 0 Å². The number of aromatic nitrogens is 3. The Balaban J connectivity index is 1.99. The first-order valence-corrected chi connectivity index (χ1v) is 7.73. The number of rotatable bonds is 6. The van der Waals surface area contributed by atoms with Crippen LogP contribution in [0.3, 0.4) is 0 Å². The van der Waals surface area contributed by atoms with Crippen molar-refractivity contribution in [1.29, 1.82) is 0 Å². The van der Waals surface area contributed by atoms with Gasteiger partial charge in [-0.25, -0.2) is 4.68 Å². The van der Waals surface area contributed by atoms with E-state index < -0.39 is 11.4 Å². The van der Waals surface area contributed by atoms with Gasteiger partial charge < -0.3 is 10.4 Å². The Morgan fingerprint density at radius 3 is 2.57 bits per heavy atom. The van der Waals surface area contributed by atoms with Crippen LogP contribution in [-0.2, 0) is 28.1 Å². The highest BCUT2D eigenvalue weighted by Crippen LogP contribution is 2.25. The molecule has 0 bridgehead atoms. The number of nitrogens with one attached hydrogen (secondary N) is 1. The number of hydrogen-bond acceptors (Lipinski definition) is 4. The van der Waals surface area contributed by atoms with Crippen LogP contribution in [0.15, 0.2) is 34.9 Å². The summed E-state index contributed by atoms with van der Waals surface area (Å²) in [6.45, 7) is 3.61. The topological polar surface area (TPSA) is 97.1 Å². The molecule has 1 aromatic heterocycles. The van der Waals surface area contributed by atoms with Gasteiger partial charge in [-0.1, -0.05) is 33.3 Å². The molecule has 2 N–H and O–H groups in total. The van der Waals surface area contributed by atoms with Gasteiger partial charge in [0.2, 0.25) is 5.91 Å². The van der Waals surface area contributed by atoms with Crippen LogP contribution >= 0.6 is 15.9 Å². The highest BCUT2D eigenvalue weighted by Gasteiger charge is 2.29. The zero-order chi connectivity index (χ0) is 17.0. The van der Waals surface area contributed by atoms with Crippen molar-refractivity contribution in [3.63, 3.8) is 0 Å². The molecule has 0 aliphatic heterocycles. The second kappa shape index (κ2) is 6.91. The second-order valence-electron chi connectivity index (χ2n) is 5.62. The van der Waals surface area contributed by atoms with Crippen molar-refractivity contribution >= 4 is 27.8 Å². The third kappa shape index (κ3) is 4.38. The SMILES string of the molecule is CC(C)(C(=O)NCc1cn(CC(=O)O)nn1)c1ccc(Br)cc1. The summed E-state index contributed by atoms with van der Waals surface area (Å²) in [6.07, 6.45) is 1.50. The summed E-state index contributed by atoms with van der Waals surface area (Å²) >= 11 is 3.37. The zero-order valence-corrected chi connectivity index (χ0v) is 14.4. The number of nitrogens with zero attached hydrogens (tertiary/aromatic N) is 3. The van der Waals surface area contributed by atoms with E-state index in [4.69, 9.17) is 5.11 Å². The maximum atomic E-state index is 12.4. The maximum Gasteiger partial charge on any atom is 0.325 e. The Kier molecular flexibility index (Phi) is 5.15. The first-order chi connectivity index (χ1) is 10.8. The Hall–Kier alpha value is -2.22. The Labute approximate surface area is 141 Å². The van der Waals surface area contributed by atoms with Crippen molar-refractivity contribution in [2.45, 2.75) is 32.4 Å². The van der Waals surface area contributed by atoms with Gasteiger partial charge in [0.05, 0.1) is 18.2 Å². The molecule has 1 aromatic carbocycles. The summed E-state index contributed by atoms with van der Waals surface area (Å²) in [6, 6.07) is 7.57. The van der Waals surface area contributed by atoms with E-state index in [9.17, 15) is 9.59 Å². The molecule has 0 atom stereocenters. The normalized spacial score (nSPS) is 11.3. The Morgan fingerprint density at radius 1 is 1.30 bits per heavy atom. The van der Waals surface area contributed by atoms with Gasteiger partial charge in [-0.3, -0.25) is 9.59 Å². The molecule has 0 spiro atoms. The molecule has 23 heavy (non-hydrogen) atoms. The molecular weight excluding hydrogens is 364 g/mol. The summed E-state index contributed by atoms with van der Waals surface area (Å²) in [5.41, 5.74) is 0.705. The van der Waals surface area contributed by atoms with Gasteiger partial charge in [0.15, 0.2) is 0 Å². The quantitative estimate of drug-likeness (QED) is 0.794. The first-order valence-electron chi connectivity index (χ1n) is 6.94. The van der Waals surface area contributed by atoms with Gasteiger partial charge in [0.1, 0.15) is 12.2 Å². The van der Waals surface area contributed by atoms with Crippen LogP contribution in [0.5, 0.6) is 0 Å². The fourth-order valence-corrected chi connectivity index (χ4v) is 2.29. The van der Waals surface area contributed by atoms with Crippen LogP contribution in [0.25, 0.3) is 0 Å². The number of hydrogen-bond donors (Lipinski definition) is 2. The summed E-state index contributed by atoms with van der Waals surface area (Å²) < 4.78 is 2.16. The van der Waals surface area contributed by atoms with Crippen molar-refractivity contribution in [2.75, 3.05) is 0 Å². The van der Waals surface area contributed by atoms with Crippen molar-refractivity contribution < 1.29 is 14.7 Å². The minimum absolute atomic E-state index is 0.146. The molecule has 0 saturated heterocycles. The smallest absolute Gasteiger partial charge is 0.325 e. The Morgan fingerprint density at radius 2 is 1.96 bits per heavy atom. The van der Waals surface area contributed by atoms with Crippen molar-refractivity contribution in [2.24, 2.45) is 0 Å². The average molecular weight is 381 g/mol. The lowest BCUT2D eigenvalue weighted by Crippen LogP contribution is -2.39. The summed E-state index contributed by atoms with van der Waals surface area (Å²) in [4.78, 5) is 23.0. The molecule has 0 saturated carbocycles. The van der Waals surface area contributed by atoms with Gasteiger partial charge in [-0.05, 0) is 31.5 Å². The van der Waals surface area contributed by atoms with Crippen molar-refractivity contribution in [3.8, 4) is 0 Å². The molecular formula is C15H17BrN4O3. The predicted octanol–water partition coefficient (Wildman–Crippen LogP) is 1.72. The molecule has 2 aromatic rings. The van der Waals surface area contributed by atoms with E-state index in [-0.39, 0.29) is 19.0 Å². The number of aliphatic carboxylic acids is 1. The molecule has 1 amide bonds. The number of carbonyl (C=O) groups is 2. The van der Waals surface area contributed by atoms with Crippen LogP contribution in [0.4, 0.5) is 0 Å². The summed E-state index contributed by atoms with van der Waals surface area (Å²) in [7, 11) is 0. The van der Waals surface area contributed by atoms with Crippen LogP contribution in [0, 0.1) is 0 Å². The molecule has 122 valence electrons. The predicted molar refractivity (Wildman–Crippen MR) is 86.7 cm³/mol. The second-order valence-corrected chi connectivity index (χ2v) is 6.53. The number of halogens is 1. The van der Waals surface area contributed by atoms with Gasteiger partial charge >= 0.3 is 5.97 Å². The minimum Gasteiger partial charge on any atom is -0.480 e. The van der Waals surface area contributed by atoms with Crippen LogP contribution in [0.2, 0.25) is 0 Å². The molecule has 0 unspecified atom stereocenters. The van der Waals surface area contributed by atoms with Crippen molar-refractivity contribution in [1.82, 2.24) is 20.3 Å². The lowest BCUT2D eigenvalue weighted by molar-refractivity contribution is -0.138. The fourth-order valence-electron chi connectivity index (χ4n) is 2.02. The van der Waals surface area contributed by atoms with Gasteiger partial charge in [0.25, 0.3) is 0 Å². The standard InChI is InChI=1S/C15H17BrN4O3/c1-15(2,10-3-5-11(16)6-4-10)14(23)17-7-12-8-20(19-18-12)9-13(21)22/h3-6,8H,7,9H2,1-2H3,(H,17,23)(H,21,22). The molecule has 1 heterocycles. The molecule has 0 fully saturated rings. The van der Waals surface area contributed by atoms with Crippen LogP contribution in [0.1, 0.15) is 25.1 Å². The number of carbonyl (C=O) groups excluding carboxylic acids is 1. The largest absolute Gasteiger partial charge is 0.480 e. The molecule has 0 aliphatic rings. The first kappa shape index (κ1) is 17.1. The van der Waals surface area contributed by atoms with Crippen LogP contribution < -0.4 is 5.32 Å². The zero-order valence-electron chi connectivity index (χ0n) is 12.8. The van der Waals surface area contributed by atoms with Crippen LogP contribution in [-0.4, -0.2) is 32.0 Å². The van der Waals surface area contributed by atoms with Crippen molar-refractivity contribution in [3.05, 3.63) is 46.2 Å². The minimum atomic E-state index is -0.998. The fraction of sp³-hybridized carbons (Fsp3) is 0.333. The van der Waals surface area contributed by atoms with E-state index in [0.717, 1.165) is 10.0 Å². The molecule has 7 nitrogen and oxygen atoms in total. The number of carboxylic acids is 1. The summed E-state index contributed by atoms with van der Waals surface area (Å²) in [5.74, 6) is -1.14. The highest BCUT2D eigenvalue weighted by atomic mass is 79.9. The molecule has 2 rings (SSSR count). The van der Waals surface area contributed by atoms with E-state index in [1.807, 2.05) is 38.1 Å². The van der Waals surface area contributed by atoms with E-state index in [2.05, 4.69) is 31.6 Å². The van der Waals surface area contributed by atoms with Gasteiger partial charge in [-0.2, -0.15) is 0 Å². The third-order valence-electron chi connectivity index (χ3n) is 3.45. The monoisotopic (exact) mass is 380 g/mol. The van der Waals surface area contributed by atoms with E-state index in [0.29, 0.717) is 5.69 Å². The summed E-state index contributed by atoms with van der Waals surface area (Å²) in [5, 5.41) is 19.0.